The van der Waals surface area contributed by atoms with Crippen molar-refractivity contribution < 1.29 is 9.32 Å². The highest BCUT2D eigenvalue weighted by Crippen LogP contribution is 2.40. The molecule has 1 unspecified atom stereocenters. The summed E-state index contributed by atoms with van der Waals surface area (Å²) in [4.78, 5) is 26.5. The zero-order valence-corrected chi connectivity index (χ0v) is 15.7. The standard InChI is InChI=1S/C20H25N5O2/c1-24-8-6-16-15(11-24)10-21-19(22-16)14-3-2-7-25(12-14)20(26)17-9-18(27-23-17)13-4-5-13/h9-10,13-14H,2-8,11-12H2,1H3. The number of nitrogens with zero attached hydrogens (tertiary/aromatic N) is 5. The van der Waals surface area contributed by atoms with E-state index in [1.165, 1.54) is 11.3 Å². The summed E-state index contributed by atoms with van der Waals surface area (Å²) in [5.74, 6) is 2.37. The van der Waals surface area contributed by atoms with E-state index in [0.717, 1.165) is 63.3 Å². The zero-order valence-electron chi connectivity index (χ0n) is 15.7. The lowest BCUT2D eigenvalue weighted by Gasteiger charge is -2.32. The molecule has 4 heterocycles. The molecule has 2 fully saturated rings. The third-order valence-electron chi connectivity index (χ3n) is 5.94. The van der Waals surface area contributed by atoms with Crippen LogP contribution in [0.3, 0.4) is 0 Å². The van der Waals surface area contributed by atoms with E-state index >= 15 is 0 Å². The number of hydrogen-bond donors (Lipinski definition) is 0. The van der Waals surface area contributed by atoms with Crippen LogP contribution in [0.25, 0.3) is 0 Å². The maximum absolute atomic E-state index is 12.9. The zero-order chi connectivity index (χ0) is 18.4. The molecule has 2 aliphatic heterocycles. The van der Waals surface area contributed by atoms with Crippen molar-refractivity contribution in [2.75, 3.05) is 26.7 Å². The summed E-state index contributed by atoms with van der Waals surface area (Å²) >= 11 is 0. The third-order valence-corrected chi connectivity index (χ3v) is 5.94. The maximum atomic E-state index is 12.9. The molecule has 2 aromatic heterocycles. The summed E-state index contributed by atoms with van der Waals surface area (Å²) in [6.07, 6.45) is 7.22. The number of fused-ring (bicyclic) bond motifs is 1. The molecule has 142 valence electrons. The first-order chi connectivity index (χ1) is 13.2. The average Bonchev–Trinajstić information content (AvgIpc) is 3.44. The second-order valence-electron chi connectivity index (χ2n) is 8.17. The van der Waals surface area contributed by atoms with E-state index in [-0.39, 0.29) is 11.8 Å². The highest BCUT2D eigenvalue weighted by Gasteiger charge is 2.32. The Labute approximate surface area is 158 Å². The first-order valence-corrected chi connectivity index (χ1v) is 9.96. The van der Waals surface area contributed by atoms with Crippen LogP contribution in [0.4, 0.5) is 0 Å². The van der Waals surface area contributed by atoms with Crippen LogP contribution in [0.15, 0.2) is 16.8 Å². The van der Waals surface area contributed by atoms with E-state index in [9.17, 15) is 4.79 Å². The molecule has 7 nitrogen and oxygen atoms in total. The molecule has 0 spiro atoms. The van der Waals surface area contributed by atoms with E-state index in [0.29, 0.717) is 18.2 Å². The minimum Gasteiger partial charge on any atom is -0.360 e. The molecule has 1 saturated carbocycles. The molecule has 2 aromatic rings. The second-order valence-corrected chi connectivity index (χ2v) is 8.17. The van der Waals surface area contributed by atoms with E-state index in [4.69, 9.17) is 9.51 Å². The van der Waals surface area contributed by atoms with Crippen molar-refractivity contribution in [3.63, 3.8) is 0 Å². The first-order valence-electron chi connectivity index (χ1n) is 9.96. The Balaban J connectivity index is 1.31. The predicted octanol–water partition coefficient (Wildman–Crippen LogP) is 2.35. The smallest absolute Gasteiger partial charge is 0.276 e. The lowest BCUT2D eigenvalue weighted by molar-refractivity contribution is 0.0693. The summed E-state index contributed by atoms with van der Waals surface area (Å²) < 4.78 is 5.36. The topological polar surface area (TPSA) is 75.4 Å². The number of likely N-dealkylation sites (tertiary alicyclic amines) is 1. The van der Waals surface area contributed by atoms with Crippen LogP contribution < -0.4 is 0 Å². The molecule has 0 aromatic carbocycles. The number of aromatic nitrogens is 3. The van der Waals surface area contributed by atoms with Gasteiger partial charge in [0.15, 0.2) is 5.69 Å². The summed E-state index contributed by atoms with van der Waals surface area (Å²) in [6.45, 7) is 3.37. The predicted molar refractivity (Wildman–Crippen MR) is 98.4 cm³/mol. The molecule has 3 aliphatic rings. The Bertz CT molecular complexity index is 860. The SMILES string of the molecule is CN1CCc2nc(C3CCCN(C(=O)c4cc(C5CC5)on4)C3)ncc2C1. The van der Waals surface area contributed by atoms with E-state index in [2.05, 4.69) is 22.1 Å². The van der Waals surface area contributed by atoms with Gasteiger partial charge in [-0.05, 0) is 32.7 Å². The molecule has 0 N–H and O–H groups in total. The number of carbonyl (C=O) groups excluding carboxylic acids is 1. The molecular weight excluding hydrogens is 342 g/mol. The largest absolute Gasteiger partial charge is 0.360 e. The van der Waals surface area contributed by atoms with Gasteiger partial charge in [-0.15, -0.1) is 0 Å². The fourth-order valence-electron chi connectivity index (χ4n) is 4.15. The van der Waals surface area contributed by atoms with Gasteiger partial charge in [-0.25, -0.2) is 9.97 Å². The molecule has 27 heavy (non-hydrogen) atoms. The van der Waals surface area contributed by atoms with E-state index < -0.39 is 0 Å². The van der Waals surface area contributed by atoms with Gasteiger partial charge in [0, 0.05) is 68.0 Å². The van der Waals surface area contributed by atoms with Crippen molar-refractivity contribution in [3.05, 3.63) is 40.8 Å². The van der Waals surface area contributed by atoms with Gasteiger partial charge in [0.2, 0.25) is 0 Å². The Morgan fingerprint density at radius 3 is 2.96 bits per heavy atom. The normalized spacial score (nSPS) is 23.3. The second kappa shape index (κ2) is 6.71. The fourth-order valence-corrected chi connectivity index (χ4v) is 4.15. The van der Waals surface area contributed by atoms with E-state index in [1.807, 2.05) is 17.2 Å². The van der Waals surface area contributed by atoms with Gasteiger partial charge in [0.1, 0.15) is 11.6 Å². The minimum absolute atomic E-state index is 0.0325. The monoisotopic (exact) mass is 367 g/mol. The highest BCUT2D eigenvalue weighted by atomic mass is 16.5. The van der Waals surface area contributed by atoms with Crippen molar-refractivity contribution in [3.8, 4) is 0 Å². The van der Waals surface area contributed by atoms with Crippen LogP contribution in [-0.4, -0.2) is 57.5 Å². The van der Waals surface area contributed by atoms with Gasteiger partial charge in [-0.1, -0.05) is 5.16 Å². The van der Waals surface area contributed by atoms with Crippen LogP contribution in [0.1, 0.15) is 70.8 Å². The molecule has 1 aliphatic carbocycles. The highest BCUT2D eigenvalue weighted by molar-refractivity contribution is 5.92. The third kappa shape index (κ3) is 3.36. The number of rotatable bonds is 3. The fraction of sp³-hybridized carbons (Fsp3) is 0.600. The van der Waals surface area contributed by atoms with Crippen molar-refractivity contribution in [2.45, 2.75) is 50.5 Å². The summed E-state index contributed by atoms with van der Waals surface area (Å²) in [6, 6.07) is 1.83. The Kier molecular flexibility index (Phi) is 4.19. The van der Waals surface area contributed by atoms with Gasteiger partial charge in [-0.2, -0.15) is 0 Å². The summed E-state index contributed by atoms with van der Waals surface area (Å²) in [5.41, 5.74) is 2.84. The van der Waals surface area contributed by atoms with Gasteiger partial charge in [0.25, 0.3) is 5.91 Å². The number of hydrogen-bond acceptors (Lipinski definition) is 6. The van der Waals surface area contributed by atoms with Gasteiger partial charge in [0.05, 0.1) is 0 Å². The molecule has 1 amide bonds. The molecule has 0 bridgehead atoms. The van der Waals surface area contributed by atoms with Crippen LogP contribution in [-0.2, 0) is 13.0 Å². The van der Waals surface area contributed by atoms with Gasteiger partial charge >= 0.3 is 0 Å². The van der Waals surface area contributed by atoms with Gasteiger partial charge in [-0.3, -0.25) is 4.79 Å². The van der Waals surface area contributed by atoms with Gasteiger partial charge < -0.3 is 14.3 Å². The lowest BCUT2D eigenvalue weighted by atomic mass is 9.96. The quantitative estimate of drug-likeness (QED) is 0.829. The van der Waals surface area contributed by atoms with Crippen molar-refractivity contribution in [1.29, 1.82) is 0 Å². The lowest BCUT2D eigenvalue weighted by Crippen LogP contribution is -2.40. The summed E-state index contributed by atoms with van der Waals surface area (Å²) in [5, 5.41) is 4.01. The molecule has 1 saturated heterocycles. The van der Waals surface area contributed by atoms with Crippen molar-refractivity contribution in [1.82, 2.24) is 24.9 Å². The summed E-state index contributed by atoms with van der Waals surface area (Å²) in [7, 11) is 2.13. The maximum Gasteiger partial charge on any atom is 0.276 e. The molecular formula is C20H25N5O2. The van der Waals surface area contributed by atoms with Crippen LogP contribution >= 0.6 is 0 Å². The van der Waals surface area contributed by atoms with E-state index in [1.54, 1.807) is 0 Å². The average molecular weight is 367 g/mol. The number of likely N-dealkylation sites (N-methyl/N-ethyl adjacent to an activating group) is 1. The molecule has 7 heteroatoms. The van der Waals surface area contributed by atoms with Crippen LogP contribution in [0, 0.1) is 0 Å². The van der Waals surface area contributed by atoms with Crippen LogP contribution in [0.2, 0.25) is 0 Å². The minimum atomic E-state index is -0.0325. The Morgan fingerprint density at radius 1 is 1.22 bits per heavy atom. The molecule has 0 radical (unpaired) electrons. The first kappa shape index (κ1) is 16.9. The molecule has 1 atom stereocenters. The number of carbonyl (C=O) groups is 1. The molecule has 5 rings (SSSR count). The Morgan fingerprint density at radius 2 is 2.11 bits per heavy atom. The number of amides is 1. The van der Waals surface area contributed by atoms with Crippen molar-refractivity contribution >= 4 is 5.91 Å². The number of piperidine rings is 1. The van der Waals surface area contributed by atoms with Crippen molar-refractivity contribution in [2.24, 2.45) is 0 Å². The Hall–Kier alpha value is -2.28. The van der Waals surface area contributed by atoms with Crippen LogP contribution in [0.5, 0.6) is 0 Å².